The fourth-order valence-corrected chi connectivity index (χ4v) is 3.55. The van der Waals surface area contributed by atoms with Crippen LogP contribution in [0.1, 0.15) is 39.3 Å². The summed E-state index contributed by atoms with van der Waals surface area (Å²) in [4.78, 5) is 44.5. The van der Waals surface area contributed by atoms with Crippen molar-refractivity contribution in [3.63, 3.8) is 0 Å². The number of fused-ring (bicyclic) bond motifs is 1. The molecule has 0 unspecified atom stereocenters. The van der Waals surface area contributed by atoms with Gasteiger partial charge in [0.1, 0.15) is 0 Å². The zero-order chi connectivity index (χ0) is 20.3. The van der Waals surface area contributed by atoms with Gasteiger partial charge in [0.15, 0.2) is 17.5 Å². The molecule has 1 amide bonds. The Hall–Kier alpha value is -2.74. The summed E-state index contributed by atoms with van der Waals surface area (Å²) < 4.78 is 5.13. The molecule has 2 aromatic rings. The van der Waals surface area contributed by atoms with Crippen molar-refractivity contribution in [3.8, 4) is 0 Å². The van der Waals surface area contributed by atoms with Crippen molar-refractivity contribution in [2.75, 3.05) is 18.2 Å². The number of esters is 1. The van der Waals surface area contributed by atoms with Crippen molar-refractivity contribution >= 4 is 35.1 Å². The van der Waals surface area contributed by atoms with Gasteiger partial charge in [0.05, 0.1) is 6.42 Å². The fourth-order valence-electron chi connectivity index (χ4n) is 3.09. The standard InChI is InChI=1S/C20H21N3O4S/c1-11-15(12(2)22-20(21-11)28-3)5-7-19(26)27-10-17(24)13-4-6-16-14(8-13)9-18(25)23-16/h4,6,8H,5,7,9-10H2,1-3H3,(H,23,25). The Morgan fingerprint density at radius 1 is 1.21 bits per heavy atom. The number of rotatable bonds is 7. The first kappa shape index (κ1) is 20.0. The number of aryl methyl sites for hydroxylation is 2. The second-order valence-corrected chi connectivity index (χ2v) is 7.31. The lowest BCUT2D eigenvalue weighted by Crippen LogP contribution is -2.15. The van der Waals surface area contributed by atoms with Gasteiger partial charge in [-0.3, -0.25) is 14.4 Å². The van der Waals surface area contributed by atoms with Crippen LogP contribution in [0.5, 0.6) is 0 Å². The van der Waals surface area contributed by atoms with Gasteiger partial charge in [-0.05, 0) is 55.9 Å². The Labute approximate surface area is 167 Å². The number of carbonyl (C=O) groups is 3. The van der Waals surface area contributed by atoms with Crippen LogP contribution in [0, 0.1) is 13.8 Å². The minimum absolute atomic E-state index is 0.0915. The number of ketones is 1. The lowest BCUT2D eigenvalue weighted by Gasteiger charge is -2.10. The second kappa shape index (κ2) is 8.52. The molecule has 0 bridgehead atoms. The first-order valence-corrected chi connectivity index (χ1v) is 10.1. The van der Waals surface area contributed by atoms with E-state index < -0.39 is 5.97 Å². The molecule has 0 radical (unpaired) electrons. The van der Waals surface area contributed by atoms with Crippen LogP contribution in [-0.2, 0) is 27.2 Å². The largest absolute Gasteiger partial charge is 0.457 e. The molecule has 8 heteroatoms. The predicted molar refractivity (Wildman–Crippen MR) is 106 cm³/mol. The third-order valence-corrected chi connectivity index (χ3v) is 5.13. The number of hydrogen-bond donors (Lipinski definition) is 1. The van der Waals surface area contributed by atoms with Crippen molar-refractivity contribution in [3.05, 3.63) is 46.3 Å². The predicted octanol–water partition coefficient (Wildman–Crippen LogP) is 2.67. The van der Waals surface area contributed by atoms with Gasteiger partial charge < -0.3 is 10.1 Å². The summed E-state index contributed by atoms with van der Waals surface area (Å²) in [7, 11) is 0. The van der Waals surface area contributed by atoms with Gasteiger partial charge in [-0.15, -0.1) is 0 Å². The maximum absolute atomic E-state index is 12.3. The summed E-state index contributed by atoms with van der Waals surface area (Å²) in [5.74, 6) is -0.833. The molecule has 28 heavy (non-hydrogen) atoms. The molecule has 0 saturated carbocycles. The van der Waals surface area contributed by atoms with E-state index in [-0.39, 0.29) is 31.1 Å². The number of thioether (sulfide) groups is 1. The summed E-state index contributed by atoms with van der Waals surface area (Å²) in [5, 5.41) is 3.42. The van der Waals surface area contributed by atoms with E-state index in [1.165, 1.54) is 11.8 Å². The van der Waals surface area contributed by atoms with E-state index in [1.807, 2.05) is 20.1 Å². The number of Topliss-reactive ketones (excluding diaryl/α,β-unsaturated/α-hetero) is 1. The van der Waals surface area contributed by atoms with E-state index in [0.29, 0.717) is 17.1 Å². The summed E-state index contributed by atoms with van der Waals surface area (Å²) in [5.41, 5.74) is 4.55. The highest BCUT2D eigenvalue weighted by Gasteiger charge is 2.20. The van der Waals surface area contributed by atoms with E-state index >= 15 is 0 Å². The second-order valence-electron chi connectivity index (χ2n) is 6.54. The van der Waals surface area contributed by atoms with E-state index in [9.17, 15) is 14.4 Å². The zero-order valence-corrected chi connectivity index (χ0v) is 16.8. The molecular weight excluding hydrogens is 378 g/mol. The van der Waals surface area contributed by atoms with Gasteiger partial charge in [-0.25, -0.2) is 9.97 Å². The van der Waals surface area contributed by atoms with Crippen molar-refractivity contribution in [1.82, 2.24) is 9.97 Å². The lowest BCUT2D eigenvalue weighted by molar-refractivity contribution is -0.142. The highest BCUT2D eigenvalue weighted by Crippen LogP contribution is 2.24. The summed E-state index contributed by atoms with van der Waals surface area (Å²) >= 11 is 1.47. The number of anilines is 1. The molecule has 0 saturated heterocycles. The van der Waals surface area contributed by atoms with Crippen LogP contribution in [0.2, 0.25) is 0 Å². The van der Waals surface area contributed by atoms with E-state index in [2.05, 4.69) is 15.3 Å². The lowest BCUT2D eigenvalue weighted by atomic mass is 10.1. The van der Waals surface area contributed by atoms with Crippen molar-refractivity contribution in [1.29, 1.82) is 0 Å². The molecule has 1 aromatic carbocycles. The highest BCUT2D eigenvalue weighted by atomic mass is 32.2. The Morgan fingerprint density at radius 2 is 1.93 bits per heavy atom. The Morgan fingerprint density at radius 3 is 2.61 bits per heavy atom. The average Bonchev–Trinajstić information content (AvgIpc) is 3.04. The molecule has 3 rings (SSSR count). The number of nitrogens with zero attached hydrogens (tertiary/aromatic N) is 2. The molecule has 0 aliphatic carbocycles. The maximum Gasteiger partial charge on any atom is 0.306 e. The smallest absolute Gasteiger partial charge is 0.306 e. The molecular formula is C20H21N3O4S. The van der Waals surface area contributed by atoms with Gasteiger partial charge in [0.25, 0.3) is 0 Å². The number of carbonyl (C=O) groups excluding carboxylic acids is 3. The summed E-state index contributed by atoms with van der Waals surface area (Å²) in [6.07, 6.45) is 2.79. The van der Waals surface area contributed by atoms with Crippen molar-refractivity contribution in [2.45, 2.75) is 38.3 Å². The van der Waals surface area contributed by atoms with E-state index in [4.69, 9.17) is 4.74 Å². The molecule has 0 atom stereocenters. The molecule has 1 N–H and O–H groups in total. The average molecular weight is 399 g/mol. The van der Waals surface area contributed by atoms with E-state index in [1.54, 1.807) is 18.2 Å². The SMILES string of the molecule is CSc1nc(C)c(CCC(=O)OCC(=O)c2ccc3c(c2)CC(=O)N3)c(C)n1. The quantitative estimate of drug-likeness (QED) is 0.331. The fraction of sp³-hybridized carbons (Fsp3) is 0.350. The van der Waals surface area contributed by atoms with Gasteiger partial charge >= 0.3 is 5.97 Å². The van der Waals surface area contributed by atoms with Gasteiger partial charge in [0, 0.05) is 29.1 Å². The van der Waals surface area contributed by atoms with Gasteiger partial charge in [-0.1, -0.05) is 11.8 Å². The number of hydrogen-bond acceptors (Lipinski definition) is 7. The van der Waals surface area contributed by atoms with E-state index in [0.717, 1.165) is 28.2 Å². The molecule has 1 aliphatic rings. The minimum Gasteiger partial charge on any atom is -0.457 e. The Kier molecular flexibility index (Phi) is 6.08. The molecule has 0 fully saturated rings. The zero-order valence-electron chi connectivity index (χ0n) is 16.0. The molecule has 0 spiro atoms. The van der Waals surface area contributed by atoms with Crippen molar-refractivity contribution < 1.29 is 19.1 Å². The highest BCUT2D eigenvalue weighted by molar-refractivity contribution is 7.98. The third kappa shape index (κ3) is 4.56. The number of nitrogens with one attached hydrogen (secondary N) is 1. The maximum atomic E-state index is 12.3. The minimum atomic E-state index is -0.445. The Balaban J connectivity index is 1.53. The van der Waals surface area contributed by atoms with Crippen LogP contribution in [0.25, 0.3) is 0 Å². The summed E-state index contributed by atoms with van der Waals surface area (Å²) in [6.45, 7) is 3.47. The molecule has 1 aromatic heterocycles. The summed E-state index contributed by atoms with van der Waals surface area (Å²) in [6, 6.07) is 4.98. The van der Waals surface area contributed by atoms with Crippen LogP contribution in [-0.4, -0.2) is 40.5 Å². The van der Waals surface area contributed by atoms with Crippen LogP contribution < -0.4 is 5.32 Å². The molecule has 146 valence electrons. The van der Waals surface area contributed by atoms with Crippen LogP contribution >= 0.6 is 11.8 Å². The first-order valence-electron chi connectivity index (χ1n) is 8.87. The molecule has 2 heterocycles. The third-order valence-electron chi connectivity index (χ3n) is 4.58. The molecule has 7 nitrogen and oxygen atoms in total. The van der Waals surface area contributed by atoms with Gasteiger partial charge in [-0.2, -0.15) is 0 Å². The topological polar surface area (TPSA) is 98.2 Å². The normalized spacial score (nSPS) is 12.5. The number of ether oxygens (including phenoxy) is 1. The monoisotopic (exact) mass is 399 g/mol. The number of benzene rings is 1. The van der Waals surface area contributed by atoms with Crippen LogP contribution in [0.3, 0.4) is 0 Å². The van der Waals surface area contributed by atoms with Crippen LogP contribution in [0.15, 0.2) is 23.4 Å². The van der Waals surface area contributed by atoms with Gasteiger partial charge in [0.2, 0.25) is 5.91 Å². The number of aromatic nitrogens is 2. The first-order chi connectivity index (χ1) is 13.4. The Bertz CT molecular complexity index is 935. The van der Waals surface area contributed by atoms with Crippen LogP contribution in [0.4, 0.5) is 5.69 Å². The van der Waals surface area contributed by atoms with Crippen molar-refractivity contribution in [2.24, 2.45) is 0 Å². The number of amides is 1. The molecule has 1 aliphatic heterocycles.